The van der Waals surface area contributed by atoms with E-state index in [4.69, 9.17) is 4.74 Å². The SMILES string of the molecule is CCOc1ccc2ccccc2c1C(=O)N(CN1CCCC1=O)c1ccccc1. The third-order valence-electron chi connectivity index (χ3n) is 5.20. The molecule has 5 nitrogen and oxygen atoms in total. The van der Waals surface area contributed by atoms with Crippen molar-refractivity contribution in [1.29, 1.82) is 0 Å². The Hall–Kier alpha value is -3.34. The monoisotopic (exact) mass is 388 g/mol. The van der Waals surface area contributed by atoms with Gasteiger partial charge in [-0.1, -0.05) is 48.5 Å². The largest absolute Gasteiger partial charge is 0.493 e. The Labute approximate surface area is 170 Å². The fourth-order valence-electron chi connectivity index (χ4n) is 3.78. The first-order chi connectivity index (χ1) is 14.2. The molecule has 3 aromatic carbocycles. The van der Waals surface area contributed by atoms with Crippen LogP contribution >= 0.6 is 0 Å². The summed E-state index contributed by atoms with van der Waals surface area (Å²) < 4.78 is 5.82. The van der Waals surface area contributed by atoms with E-state index >= 15 is 0 Å². The minimum Gasteiger partial charge on any atom is -0.493 e. The smallest absolute Gasteiger partial charge is 0.264 e. The molecule has 1 aliphatic rings. The number of anilines is 1. The highest BCUT2D eigenvalue weighted by molar-refractivity contribution is 6.16. The van der Waals surface area contributed by atoms with Gasteiger partial charge in [-0.3, -0.25) is 14.5 Å². The normalized spacial score (nSPS) is 13.7. The van der Waals surface area contributed by atoms with Crippen molar-refractivity contribution in [3.05, 3.63) is 72.3 Å². The van der Waals surface area contributed by atoms with Crippen molar-refractivity contribution < 1.29 is 14.3 Å². The zero-order chi connectivity index (χ0) is 20.2. The predicted molar refractivity (Wildman–Crippen MR) is 114 cm³/mol. The number of hydrogen-bond acceptors (Lipinski definition) is 3. The lowest BCUT2D eigenvalue weighted by Crippen LogP contribution is -2.42. The third-order valence-corrected chi connectivity index (χ3v) is 5.20. The van der Waals surface area contributed by atoms with Crippen LogP contribution in [0, 0.1) is 0 Å². The highest BCUT2D eigenvalue weighted by atomic mass is 16.5. The van der Waals surface area contributed by atoms with Gasteiger partial charge in [0.1, 0.15) is 12.4 Å². The average Bonchev–Trinajstić information content (AvgIpc) is 3.16. The molecule has 5 heteroatoms. The van der Waals surface area contributed by atoms with E-state index in [-0.39, 0.29) is 18.5 Å². The minimum absolute atomic E-state index is 0.0849. The second kappa shape index (κ2) is 8.35. The van der Waals surface area contributed by atoms with Gasteiger partial charge in [0.2, 0.25) is 5.91 Å². The number of ether oxygens (including phenoxy) is 1. The summed E-state index contributed by atoms with van der Waals surface area (Å²) in [7, 11) is 0. The number of para-hydroxylation sites is 1. The maximum atomic E-state index is 13.9. The van der Waals surface area contributed by atoms with Crippen LogP contribution in [0.5, 0.6) is 5.75 Å². The number of carbonyl (C=O) groups excluding carboxylic acids is 2. The molecule has 3 aromatic rings. The molecular weight excluding hydrogens is 364 g/mol. The van der Waals surface area contributed by atoms with Crippen molar-refractivity contribution in [3.8, 4) is 5.75 Å². The summed E-state index contributed by atoms with van der Waals surface area (Å²) >= 11 is 0. The minimum atomic E-state index is -0.170. The van der Waals surface area contributed by atoms with Crippen molar-refractivity contribution in [2.45, 2.75) is 19.8 Å². The first-order valence-electron chi connectivity index (χ1n) is 9.98. The molecule has 0 unspecified atom stereocenters. The summed E-state index contributed by atoms with van der Waals surface area (Å²) in [5, 5.41) is 1.82. The van der Waals surface area contributed by atoms with Crippen molar-refractivity contribution in [2.75, 3.05) is 24.7 Å². The van der Waals surface area contributed by atoms with Crippen LogP contribution in [0.3, 0.4) is 0 Å². The van der Waals surface area contributed by atoms with Crippen molar-refractivity contribution >= 4 is 28.3 Å². The first kappa shape index (κ1) is 19.0. The molecule has 0 bridgehead atoms. The molecule has 1 saturated heterocycles. The van der Waals surface area contributed by atoms with Crippen LogP contribution in [-0.4, -0.2) is 36.5 Å². The zero-order valence-corrected chi connectivity index (χ0v) is 16.5. The summed E-state index contributed by atoms with van der Waals surface area (Å²) in [5.74, 6) is 0.475. The number of rotatable bonds is 6. The second-order valence-electron chi connectivity index (χ2n) is 7.06. The quantitative estimate of drug-likeness (QED) is 0.626. The van der Waals surface area contributed by atoms with Gasteiger partial charge in [0.25, 0.3) is 5.91 Å². The number of fused-ring (bicyclic) bond motifs is 1. The molecule has 29 heavy (non-hydrogen) atoms. The van der Waals surface area contributed by atoms with Crippen molar-refractivity contribution in [2.24, 2.45) is 0 Å². The molecule has 0 N–H and O–H groups in total. The molecule has 0 aliphatic carbocycles. The Balaban J connectivity index is 1.82. The third kappa shape index (κ3) is 3.81. The Bertz CT molecular complexity index is 1030. The Morgan fingerprint density at radius 3 is 2.52 bits per heavy atom. The number of likely N-dealkylation sites (tertiary alicyclic amines) is 1. The van der Waals surface area contributed by atoms with Gasteiger partial charge in [-0.15, -0.1) is 0 Å². The van der Waals surface area contributed by atoms with E-state index in [9.17, 15) is 9.59 Å². The van der Waals surface area contributed by atoms with Gasteiger partial charge in [0.05, 0.1) is 12.2 Å². The fraction of sp³-hybridized carbons (Fsp3) is 0.250. The number of nitrogens with zero attached hydrogens (tertiary/aromatic N) is 2. The van der Waals surface area contributed by atoms with E-state index < -0.39 is 0 Å². The van der Waals surface area contributed by atoms with Gasteiger partial charge in [-0.25, -0.2) is 0 Å². The average molecular weight is 388 g/mol. The lowest BCUT2D eigenvalue weighted by Gasteiger charge is -2.29. The summed E-state index contributed by atoms with van der Waals surface area (Å²) in [4.78, 5) is 29.5. The number of amides is 2. The topological polar surface area (TPSA) is 49.9 Å². The van der Waals surface area contributed by atoms with E-state index in [2.05, 4.69) is 0 Å². The molecule has 2 amide bonds. The number of carbonyl (C=O) groups is 2. The maximum absolute atomic E-state index is 13.9. The number of hydrogen-bond donors (Lipinski definition) is 0. The molecule has 148 valence electrons. The Morgan fingerprint density at radius 1 is 1.03 bits per heavy atom. The van der Waals surface area contributed by atoms with Gasteiger partial charge in [0, 0.05) is 18.7 Å². The van der Waals surface area contributed by atoms with Crippen LogP contribution in [0.1, 0.15) is 30.1 Å². The van der Waals surface area contributed by atoms with Gasteiger partial charge in [-0.05, 0) is 42.3 Å². The molecule has 0 radical (unpaired) electrons. The van der Waals surface area contributed by atoms with E-state index in [1.807, 2.05) is 73.7 Å². The summed E-state index contributed by atoms with van der Waals surface area (Å²) in [6, 6.07) is 21.1. The highest BCUT2D eigenvalue weighted by Crippen LogP contribution is 2.31. The summed E-state index contributed by atoms with van der Waals surface area (Å²) in [5.41, 5.74) is 1.29. The fourth-order valence-corrected chi connectivity index (χ4v) is 3.78. The van der Waals surface area contributed by atoms with E-state index in [0.29, 0.717) is 30.9 Å². The molecular formula is C24H24N2O3. The molecule has 0 atom stereocenters. The summed E-state index contributed by atoms with van der Waals surface area (Å²) in [6.07, 6.45) is 1.36. The van der Waals surface area contributed by atoms with Gasteiger partial charge >= 0.3 is 0 Å². The maximum Gasteiger partial charge on any atom is 0.264 e. The van der Waals surface area contributed by atoms with E-state index in [1.54, 1.807) is 9.80 Å². The van der Waals surface area contributed by atoms with Crippen LogP contribution in [0.25, 0.3) is 10.8 Å². The first-order valence-corrected chi connectivity index (χ1v) is 9.98. The predicted octanol–water partition coefficient (Wildman–Crippen LogP) is 4.47. The molecule has 0 aromatic heterocycles. The van der Waals surface area contributed by atoms with Crippen LogP contribution in [0.15, 0.2) is 66.7 Å². The van der Waals surface area contributed by atoms with E-state index in [0.717, 1.165) is 22.9 Å². The van der Waals surface area contributed by atoms with E-state index in [1.165, 1.54) is 0 Å². The Morgan fingerprint density at radius 2 is 1.79 bits per heavy atom. The van der Waals surface area contributed by atoms with Gasteiger partial charge < -0.3 is 9.64 Å². The Kier molecular flexibility index (Phi) is 5.47. The van der Waals surface area contributed by atoms with Gasteiger partial charge in [-0.2, -0.15) is 0 Å². The molecule has 1 heterocycles. The lowest BCUT2D eigenvalue weighted by atomic mass is 10.0. The number of benzene rings is 3. The standard InChI is InChI=1S/C24H24N2O3/c1-2-29-21-15-14-18-9-6-7-12-20(18)23(21)24(28)26(19-10-4-3-5-11-19)17-25-16-8-13-22(25)27/h3-7,9-12,14-15H,2,8,13,16-17H2,1H3. The molecule has 0 saturated carbocycles. The molecule has 1 aliphatic heterocycles. The van der Waals surface area contributed by atoms with Crippen LogP contribution < -0.4 is 9.64 Å². The molecule has 0 spiro atoms. The van der Waals surface area contributed by atoms with Crippen LogP contribution in [-0.2, 0) is 4.79 Å². The van der Waals surface area contributed by atoms with Crippen LogP contribution in [0.2, 0.25) is 0 Å². The van der Waals surface area contributed by atoms with Gasteiger partial charge in [0.15, 0.2) is 0 Å². The summed E-state index contributed by atoms with van der Waals surface area (Å²) in [6.45, 7) is 3.27. The molecule has 4 rings (SSSR count). The highest BCUT2D eigenvalue weighted by Gasteiger charge is 2.28. The lowest BCUT2D eigenvalue weighted by molar-refractivity contribution is -0.127. The zero-order valence-electron chi connectivity index (χ0n) is 16.5. The molecule has 1 fully saturated rings. The second-order valence-corrected chi connectivity index (χ2v) is 7.06. The van der Waals surface area contributed by atoms with Crippen molar-refractivity contribution in [1.82, 2.24) is 4.90 Å². The van der Waals surface area contributed by atoms with Crippen molar-refractivity contribution in [3.63, 3.8) is 0 Å². The van der Waals surface area contributed by atoms with Crippen LogP contribution in [0.4, 0.5) is 5.69 Å².